The molecule has 0 saturated heterocycles. The Kier molecular flexibility index (Phi) is 5.54. The molecule has 2 rings (SSSR count). The van der Waals surface area contributed by atoms with Crippen molar-refractivity contribution in [1.82, 2.24) is 0 Å². The molecular formula is C14H6Cl5F3O. The third-order valence-electron chi connectivity index (χ3n) is 3.00. The first-order valence-electron chi connectivity index (χ1n) is 5.86. The molecular weight excluding hydrogens is 418 g/mol. The predicted molar refractivity (Wildman–Crippen MR) is 88.5 cm³/mol. The fraction of sp³-hybridized carbons (Fsp3) is 0.143. The first kappa shape index (κ1) is 18.8. The molecule has 0 saturated carbocycles. The number of methoxy groups -OCH3 is 1. The Balaban J connectivity index is 2.79. The van der Waals surface area contributed by atoms with Crippen molar-refractivity contribution in [2.75, 3.05) is 7.11 Å². The van der Waals surface area contributed by atoms with E-state index in [1.165, 1.54) is 6.07 Å². The molecule has 124 valence electrons. The highest BCUT2D eigenvalue weighted by Gasteiger charge is 2.35. The fourth-order valence-electron chi connectivity index (χ4n) is 1.94. The molecule has 9 heteroatoms. The van der Waals surface area contributed by atoms with Gasteiger partial charge in [-0.05, 0) is 17.7 Å². The smallest absolute Gasteiger partial charge is 0.419 e. The number of alkyl halides is 3. The van der Waals surface area contributed by atoms with E-state index in [4.69, 9.17) is 62.7 Å². The van der Waals surface area contributed by atoms with E-state index < -0.39 is 11.7 Å². The van der Waals surface area contributed by atoms with Gasteiger partial charge in [-0.2, -0.15) is 13.2 Å². The lowest BCUT2D eigenvalue weighted by Gasteiger charge is -2.16. The molecule has 0 aromatic heterocycles. The summed E-state index contributed by atoms with van der Waals surface area (Å²) in [4.78, 5) is 0. The SMILES string of the molecule is COc1ccc(-c2c(Cl)c(Cl)c(Cl)c(Cl)c2Cl)cc1C(F)(F)F. The van der Waals surface area contributed by atoms with Crippen molar-refractivity contribution in [2.24, 2.45) is 0 Å². The van der Waals surface area contributed by atoms with Gasteiger partial charge in [0.05, 0.1) is 37.8 Å². The molecule has 0 amide bonds. The number of hydrogen-bond acceptors (Lipinski definition) is 1. The first-order chi connectivity index (χ1) is 10.6. The third kappa shape index (κ3) is 3.47. The van der Waals surface area contributed by atoms with E-state index >= 15 is 0 Å². The number of rotatable bonds is 2. The van der Waals surface area contributed by atoms with Crippen LogP contribution in [0.2, 0.25) is 25.1 Å². The highest BCUT2D eigenvalue weighted by atomic mass is 35.5. The highest BCUT2D eigenvalue weighted by molar-refractivity contribution is 6.56. The van der Waals surface area contributed by atoms with Gasteiger partial charge < -0.3 is 4.74 Å². The van der Waals surface area contributed by atoms with E-state index in [2.05, 4.69) is 0 Å². The summed E-state index contributed by atoms with van der Waals surface area (Å²) in [6, 6.07) is 3.37. The van der Waals surface area contributed by atoms with Gasteiger partial charge in [-0.25, -0.2) is 0 Å². The molecule has 0 atom stereocenters. The fourth-order valence-corrected chi connectivity index (χ4v) is 3.30. The second kappa shape index (κ2) is 6.77. The summed E-state index contributed by atoms with van der Waals surface area (Å²) in [6.45, 7) is 0. The predicted octanol–water partition coefficient (Wildman–Crippen LogP) is 7.65. The normalized spacial score (nSPS) is 11.7. The molecule has 0 aliphatic carbocycles. The lowest BCUT2D eigenvalue weighted by Crippen LogP contribution is -2.07. The molecule has 0 radical (unpaired) electrons. The van der Waals surface area contributed by atoms with Crippen LogP contribution in [0.4, 0.5) is 13.2 Å². The molecule has 0 bridgehead atoms. The maximum absolute atomic E-state index is 13.1. The topological polar surface area (TPSA) is 9.23 Å². The van der Waals surface area contributed by atoms with Crippen LogP contribution in [-0.4, -0.2) is 7.11 Å². The van der Waals surface area contributed by atoms with Crippen molar-refractivity contribution in [3.8, 4) is 16.9 Å². The van der Waals surface area contributed by atoms with Crippen LogP contribution in [0.5, 0.6) is 5.75 Å². The van der Waals surface area contributed by atoms with Crippen LogP contribution in [0, 0.1) is 0 Å². The van der Waals surface area contributed by atoms with Crippen LogP contribution in [-0.2, 0) is 6.18 Å². The van der Waals surface area contributed by atoms with Gasteiger partial charge >= 0.3 is 6.18 Å². The Morgan fingerprint density at radius 3 is 1.74 bits per heavy atom. The van der Waals surface area contributed by atoms with Gasteiger partial charge in [-0.1, -0.05) is 64.1 Å². The quantitative estimate of drug-likeness (QED) is 0.355. The van der Waals surface area contributed by atoms with Gasteiger partial charge in [-0.3, -0.25) is 0 Å². The first-order valence-corrected chi connectivity index (χ1v) is 7.75. The summed E-state index contributed by atoms with van der Waals surface area (Å²) in [6.07, 6.45) is -4.62. The third-order valence-corrected chi connectivity index (χ3v) is 5.28. The minimum absolute atomic E-state index is 0.0564. The average Bonchev–Trinajstić information content (AvgIpc) is 2.50. The Hall–Kier alpha value is -0.520. The van der Waals surface area contributed by atoms with Gasteiger partial charge in [0, 0.05) is 5.56 Å². The van der Waals surface area contributed by atoms with Gasteiger partial charge in [0.2, 0.25) is 0 Å². The van der Waals surface area contributed by atoms with Gasteiger partial charge in [0.15, 0.2) is 0 Å². The molecule has 0 fully saturated rings. The summed E-state index contributed by atoms with van der Waals surface area (Å²) in [5.41, 5.74) is -0.846. The molecule has 0 aliphatic rings. The number of ether oxygens (including phenoxy) is 1. The van der Waals surface area contributed by atoms with E-state index in [0.717, 1.165) is 19.2 Å². The minimum Gasteiger partial charge on any atom is -0.496 e. The van der Waals surface area contributed by atoms with Crippen LogP contribution in [0.15, 0.2) is 18.2 Å². The Morgan fingerprint density at radius 1 is 0.826 bits per heavy atom. The minimum atomic E-state index is -4.62. The monoisotopic (exact) mass is 422 g/mol. The van der Waals surface area contributed by atoms with E-state index in [9.17, 15) is 13.2 Å². The standard InChI is InChI=1S/C14H6Cl5F3O/c1-23-7-3-2-5(4-6(7)14(20,21)22)8-9(15)11(17)13(19)12(18)10(8)16/h2-4H,1H3. The van der Waals surface area contributed by atoms with Crippen molar-refractivity contribution in [1.29, 1.82) is 0 Å². The van der Waals surface area contributed by atoms with E-state index in [1.807, 2.05) is 0 Å². The Morgan fingerprint density at radius 2 is 1.30 bits per heavy atom. The molecule has 0 heterocycles. The zero-order valence-corrected chi connectivity index (χ0v) is 14.9. The summed E-state index contributed by atoms with van der Waals surface area (Å²) in [5, 5.41) is -0.449. The molecule has 0 spiro atoms. The lowest BCUT2D eigenvalue weighted by molar-refractivity contribution is -0.138. The number of benzene rings is 2. The van der Waals surface area contributed by atoms with Crippen LogP contribution < -0.4 is 4.74 Å². The number of halogens is 8. The zero-order valence-electron chi connectivity index (χ0n) is 11.2. The van der Waals surface area contributed by atoms with Crippen LogP contribution in [0.25, 0.3) is 11.1 Å². The summed E-state index contributed by atoms with van der Waals surface area (Å²) >= 11 is 29.9. The average molecular weight is 424 g/mol. The molecule has 1 nitrogen and oxygen atoms in total. The van der Waals surface area contributed by atoms with E-state index in [0.29, 0.717) is 0 Å². The molecule has 0 aliphatic heterocycles. The second-order valence-corrected chi connectivity index (χ2v) is 6.25. The molecule has 2 aromatic rings. The molecule has 0 unspecified atom stereocenters. The van der Waals surface area contributed by atoms with Gasteiger partial charge in [-0.15, -0.1) is 0 Å². The largest absolute Gasteiger partial charge is 0.496 e. The Bertz CT molecular complexity index is 745. The van der Waals surface area contributed by atoms with Crippen LogP contribution in [0.1, 0.15) is 5.56 Å². The summed E-state index contributed by atoms with van der Waals surface area (Å²) < 4.78 is 44.1. The maximum Gasteiger partial charge on any atom is 0.419 e. The number of hydrogen-bond donors (Lipinski definition) is 0. The van der Waals surface area contributed by atoms with Gasteiger partial charge in [0.1, 0.15) is 5.75 Å². The molecule has 23 heavy (non-hydrogen) atoms. The zero-order chi connectivity index (χ0) is 17.5. The second-order valence-electron chi connectivity index (χ2n) is 4.36. The van der Waals surface area contributed by atoms with Crippen molar-refractivity contribution in [3.05, 3.63) is 48.9 Å². The van der Waals surface area contributed by atoms with Crippen molar-refractivity contribution in [2.45, 2.75) is 6.18 Å². The van der Waals surface area contributed by atoms with E-state index in [-0.39, 0.29) is 42.0 Å². The summed E-state index contributed by atoms with van der Waals surface area (Å²) in [5.74, 6) is -0.334. The molecule has 0 N–H and O–H groups in total. The Labute approximate surface area is 154 Å². The van der Waals surface area contributed by atoms with E-state index in [1.54, 1.807) is 0 Å². The van der Waals surface area contributed by atoms with Crippen LogP contribution in [0.3, 0.4) is 0 Å². The lowest BCUT2D eigenvalue weighted by atomic mass is 10.0. The van der Waals surface area contributed by atoms with Crippen molar-refractivity contribution < 1.29 is 17.9 Å². The van der Waals surface area contributed by atoms with Gasteiger partial charge in [0.25, 0.3) is 0 Å². The van der Waals surface area contributed by atoms with Crippen LogP contribution >= 0.6 is 58.0 Å². The molecule has 2 aromatic carbocycles. The van der Waals surface area contributed by atoms with Crippen molar-refractivity contribution >= 4 is 58.0 Å². The summed E-state index contributed by atoms with van der Waals surface area (Å²) in [7, 11) is 1.14. The van der Waals surface area contributed by atoms with Crippen molar-refractivity contribution in [3.63, 3.8) is 0 Å². The highest BCUT2D eigenvalue weighted by Crippen LogP contribution is 2.49. The maximum atomic E-state index is 13.1.